The van der Waals surface area contributed by atoms with Gasteiger partial charge in [-0.3, -0.25) is 0 Å². The Bertz CT molecular complexity index is 1050. The van der Waals surface area contributed by atoms with Gasteiger partial charge in [0.05, 0.1) is 36.4 Å². The number of rotatable bonds is 4. The van der Waals surface area contributed by atoms with Crippen LogP contribution in [0.4, 0.5) is 21.5 Å². The van der Waals surface area contributed by atoms with Crippen molar-refractivity contribution in [3.05, 3.63) is 74.1 Å². The zero-order valence-corrected chi connectivity index (χ0v) is 20.3. The molecule has 2 aromatic carbocycles. The van der Waals surface area contributed by atoms with Gasteiger partial charge in [0.2, 0.25) is 11.4 Å². The molecule has 5 N–H and O–H groups in total. The van der Waals surface area contributed by atoms with Crippen molar-refractivity contribution < 1.29 is 33.8 Å². The zero-order chi connectivity index (χ0) is 27.8. The molecule has 0 spiro atoms. The van der Waals surface area contributed by atoms with E-state index in [1.807, 2.05) is 6.92 Å². The molecule has 0 heterocycles. The third-order valence-corrected chi connectivity index (χ3v) is 4.42. The smallest absolute Gasteiger partial charge is 0.373 e. The van der Waals surface area contributed by atoms with Crippen LogP contribution in [-0.2, 0) is 19.2 Å². The second-order valence-electron chi connectivity index (χ2n) is 5.63. The third kappa shape index (κ3) is 15.8. The molecule has 0 saturated heterocycles. The summed E-state index contributed by atoms with van der Waals surface area (Å²) in [4.78, 5) is 38.9. The lowest BCUT2D eigenvalue weighted by molar-refractivity contribution is -0.193. The van der Waals surface area contributed by atoms with Crippen LogP contribution in [0.3, 0.4) is 0 Å². The predicted octanol–water partition coefficient (Wildman–Crippen LogP) is 3.71. The number of carbonyl (C=O) groups excluding carboxylic acids is 4. The minimum absolute atomic E-state index is 0.0711. The van der Waals surface area contributed by atoms with Crippen LogP contribution in [-0.4, -0.2) is 48.8 Å². The number of nitrogens with zero attached hydrogens (tertiary/aromatic N) is 2. The molecule has 0 bridgehead atoms. The van der Waals surface area contributed by atoms with E-state index in [4.69, 9.17) is 71.5 Å². The van der Waals surface area contributed by atoms with Gasteiger partial charge in [0, 0.05) is 18.8 Å². The first-order valence-corrected chi connectivity index (χ1v) is 10.00. The molecule has 0 aliphatic heterocycles. The molecular formula is C22H23Cl2FN4O6. The van der Waals surface area contributed by atoms with Gasteiger partial charge < -0.3 is 21.3 Å². The SMILES string of the molecule is NCCO.O=C=O.O=C=O.[C-]#[N+]c1ccc(F)c(C)c1Cl.[C-]#[N+]c1ccc(NCCO)c(C)c1Cl. The van der Waals surface area contributed by atoms with Crippen LogP contribution in [0.2, 0.25) is 10.0 Å². The standard InChI is InChI=1S/C10H11ClN2O.C8H5ClFN.C2H7NO.2CO2/c1-7-8(13-5-6-14)3-4-9(12-2)10(7)11;1-5-6(10)3-4-7(11-2)8(5)9;3-1-2-4;2*2-1-3/h3-4,13-14H,5-6H2,1H3;3-4H,1H3;4H,1-3H2;;. The van der Waals surface area contributed by atoms with Crippen LogP contribution in [0.5, 0.6) is 0 Å². The Labute approximate surface area is 211 Å². The summed E-state index contributed by atoms with van der Waals surface area (Å²) in [5.74, 6) is -0.373. The highest BCUT2D eigenvalue weighted by atomic mass is 35.5. The summed E-state index contributed by atoms with van der Waals surface area (Å²) >= 11 is 11.6. The van der Waals surface area contributed by atoms with Gasteiger partial charge >= 0.3 is 12.3 Å². The molecule has 0 aromatic heterocycles. The lowest BCUT2D eigenvalue weighted by Crippen LogP contribution is -2.06. The fourth-order valence-corrected chi connectivity index (χ4v) is 2.28. The molecule has 0 aliphatic rings. The molecule has 10 nitrogen and oxygen atoms in total. The summed E-state index contributed by atoms with van der Waals surface area (Å²) in [5, 5.41) is 20.1. The molecule has 0 amide bonds. The van der Waals surface area contributed by atoms with E-state index in [1.165, 1.54) is 12.1 Å². The Balaban J connectivity index is -0.000000431. The Hall–Kier alpha value is -3.63. The molecule has 0 fully saturated rings. The summed E-state index contributed by atoms with van der Waals surface area (Å²) in [6.45, 7) is 18.0. The third-order valence-electron chi connectivity index (χ3n) is 3.46. The molecule has 0 unspecified atom stereocenters. The van der Waals surface area contributed by atoms with Crippen LogP contribution in [0, 0.1) is 32.8 Å². The molecule has 35 heavy (non-hydrogen) atoms. The molecule has 2 rings (SSSR count). The van der Waals surface area contributed by atoms with E-state index in [2.05, 4.69) is 15.0 Å². The van der Waals surface area contributed by atoms with E-state index in [1.54, 1.807) is 19.1 Å². The monoisotopic (exact) mass is 528 g/mol. The van der Waals surface area contributed by atoms with E-state index in [0.717, 1.165) is 11.3 Å². The summed E-state index contributed by atoms with van der Waals surface area (Å²) in [6, 6.07) is 6.08. The molecular weight excluding hydrogens is 506 g/mol. The number of hydrogen-bond acceptors (Lipinski definition) is 8. The lowest BCUT2D eigenvalue weighted by atomic mass is 10.2. The maximum atomic E-state index is 12.7. The van der Waals surface area contributed by atoms with Gasteiger partial charge in [-0.05, 0) is 37.1 Å². The fraction of sp³-hybridized carbons (Fsp3) is 0.273. The van der Waals surface area contributed by atoms with Crippen molar-refractivity contribution >= 4 is 52.6 Å². The van der Waals surface area contributed by atoms with Crippen LogP contribution in [0.15, 0.2) is 24.3 Å². The number of nitrogens with one attached hydrogen (secondary N) is 1. The molecule has 0 radical (unpaired) electrons. The second kappa shape index (κ2) is 23.5. The van der Waals surface area contributed by atoms with E-state index < -0.39 is 0 Å². The second-order valence-corrected chi connectivity index (χ2v) is 6.39. The lowest BCUT2D eigenvalue weighted by Gasteiger charge is -2.10. The first-order valence-electron chi connectivity index (χ1n) is 9.24. The van der Waals surface area contributed by atoms with Crippen molar-refractivity contribution in [3.8, 4) is 0 Å². The van der Waals surface area contributed by atoms with E-state index in [0.29, 0.717) is 35.1 Å². The average molecular weight is 529 g/mol. The highest BCUT2D eigenvalue weighted by Gasteiger charge is 2.07. The van der Waals surface area contributed by atoms with E-state index in [-0.39, 0.29) is 36.4 Å². The first-order chi connectivity index (χ1) is 16.6. The van der Waals surface area contributed by atoms with Crippen molar-refractivity contribution in [2.75, 3.05) is 31.6 Å². The Morgan fingerprint density at radius 3 is 1.69 bits per heavy atom. The molecule has 0 atom stereocenters. The number of aliphatic hydroxyl groups is 2. The largest absolute Gasteiger partial charge is 0.395 e. The van der Waals surface area contributed by atoms with Gasteiger partial charge in [-0.1, -0.05) is 35.3 Å². The number of halogens is 3. The minimum atomic E-state index is -0.373. The van der Waals surface area contributed by atoms with Crippen LogP contribution >= 0.6 is 23.2 Å². The zero-order valence-electron chi connectivity index (χ0n) is 18.8. The van der Waals surface area contributed by atoms with E-state index >= 15 is 0 Å². The maximum absolute atomic E-state index is 12.7. The van der Waals surface area contributed by atoms with Gasteiger partial charge in [-0.2, -0.15) is 19.2 Å². The minimum Gasteiger partial charge on any atom is -0.395 e. The molecule has 188 valence electrons. The molecule has 2 aromatic rings. The number of benzene rings is 2. The number of nitrogens with two attached hydrogens (primary N) is 1. The van der Waals surface area contributed by atoms with Crippen molar-refractivity contribution in [1.29, 1.82) is 0 Å². The van der Waals surface area contributed by atoms with Crippen LogP contribution in [0.25, 0.3) is 9.69 Å². The molecule has 0 aliphatic carbocycles. The Morgan fingerprint density at radius 1 is 0.914 bits per heavy atom. The van der Waals surface area contributed by atoms with Gasteiger partial charge in [-0.15, -0.1) is 0 Å². The maximum Gasteiger partial charge on any atom is 0.373 e. The van der Waals surface area contributed by atoms with Crippen molar-refractivity contribution in [3.63, 3.8) is 0 Å². The van der Waals surface area contributed by atoms with Gasteiger partial charge in [0.25, 0.3) is 0 Å². The summed E-state index contributed by atoms with van der Waals surface area (Å²) in [5.41, 5.74) is 7.56. The van der Waals surface area contributed by atoms with Gasteiger partial charge in [-0.25, -0.2) is 14.1 Å². The average Bonchev–Trinajstić information content (AvgIpc) is 2.85. The number of anilines is 1. The fourth-order valence-electron chi connectivity index (χ4n) is 1.87. The molecule has 13 heteroatoms. The Kier molecular flexibility index (Phi) is 24.2. The van der Waals surface area contributed by atoms with Crippen molar-refractivity contribution in [2.24, 2.45) is 5.73 Å². The number of aliphatic hydroxyl groups excluding tert-OH is 2. The van der Waals surface area contributed by atoms with E-state index in [9.17, 15) is 4.39 Å². The Morgan fingerprint density at radius 2 is 1.31 bits per heavy atom. The summed E-state index contributed by atoms with van der Waals surface area (Å²) in [6.07, 6.45) is 0.500. The van der Waals surface area contributed by atoms with Crippen LogP contribution < -0.4 is 11.1 Å². The highest BCUT2D eigenvalue weighted by molar-refractivity contribution is 6.34. The van der Waals surface area contributed by atoms with Crippen LogP contribution in [0.1, 0.15) is 11.1 Å². The highest BCUT2D eigenvalue weighted by Crippen LogP contribution is 2.33. The normalized spacial score (nSPS) is 8.06. The quantitative estimate of drug-likeness (QED) is 0.437. The van der Waals surface area contributed by atoms with Gasteiger partial charge in [0.1, 0.15) is 5.82 Å². The van der Waals surface area contributed by atoms with Crippen molar-refractivity contribution in [1.82, 2.24) is 0 Å². The summed E-state index contributed by atoms with van der Waals surface area (Å²) < 4.78 is 12.7. The van der Waals surface area contributed by atoms with Gasteiger partial charge in [0.15, 0.2) is 0 Å². The molecule has 0 saturated carbocycles. The number of hydrogen-bond donors (Lipinski definition) is 4. The summed E-state index contributed by atoms with van der Waals surface area (Å²) in [7, 11) is 0. The topological polar surface area (TPSA) is 156 Å². The first kappa shape index (κ1) is 35.9. The van der Waals surface area contributed by atoms with Crippen molar-refractivity contribution in [2.45, 2.75) is 13.8 Å². The predicted molar refractivity (Wildman–Crippen MR) is 127 cm³/mol.